The van der Waals surface area contributed by atoms with Gasteiger partial charge in [-0.1, -0.05) is 74.5 Å². The molecule has 0 aliphatic carbocycles. The van der Waals surface area contributed by atoms with Gasteiger partial charge < -0.3 is 25.2 Å². The summed E-state index contributed by atoms with van der Waals surface area (Å²) >= 11 is 0. The molecule has 0 saturated carbocycles. The van der Waals surface area contributed by atoms with Crippen molar-refractivity contribution in [3.63, 3.8) is 0 Å². The Morgan fingerprint density at radius 1 is 1.00 bits per heavy atom. The zero-order valence-electron chi connectivity index (χ0n) is 23.9. The maximum absolute atomic E-state index is 13.7. The second-order valence-corrected chi connectivity index (χ2v) is 11.5. The van der Waals surface area contributed by atoms with Gasteiger partial charge in [0.1, 0.15) is 18.2 Å². The molecular formula is C32H44N4O4. The highest BCUT2D eigenvalue weighted by molar-refractivity contribution is 6.00. The number of rotatable bonds is 12. The number of alkyl carbamates (subject to hydrolysis) is 1. The number of carbonyl (C=O) groups excluding carboxylic acids is 3. The number of benzene rings is 2. The number of hydrogen-bond acceptors (Lipinski definition) is 5. The van der Waals surface area contributed by atoms with Crippen LogP contribution in [0, 0.1) is 5.92 Å². The molecule has 1 atom stereocenters. The summed E-state index contributed by atoms with van der Waals surface area (Å²) in [4.78, 5) is 43.5. The van der Waals surface area contributed by atoms with Gasteiger partial charge in [0.2, 0.25) is 11.8 Å². The first-order valence-corrected chi connectivity index (χ1v) is 14.7. The van der Waals surface area contributed by atoms with Crippen molar-refractivity contribution in [3.05, 3.63) is 71.8 Å². The van der Waals surface area contributed by atoms with Gasteiger partial charge >= 0.3 is 6.09 Å². The van der Waals surface area contributed by atoms with Crippen LogP contribution < -0.4 is 10.6 Å². The minimum atomic E-state index is -0.759. The summed E-state index contributed by atoms with van der Waals surface area (Å²) in [6.45, 7) is 8.03. The molecule has 0 aromatic heterocycles. The number of piperazine rings is 1. The summed E-state index contributed by atoms with van der Waals surface area (Å²) in [6.07, 6.45) is 3.82. The average Bonchev–Trinajstić information content (AvgIpc) is 2.97. The molecule has 2 heterocycles. The van der Waals surface area contributed by atoms with E-state index in [2.05, 4.69) is 53.6 Å². The van der Waals surface area contributed by atoms with E-state index < -0.39 is 17.7 Å². The van der Waals surface area contributed by atoms with Crippen LogP contribution in [-0.2, 0) is 27.4 Å². The van der Waals surface area contributed by atoms with Crippen LogP contribution in [-0.4, -0.2) is 72.0 Å². The van der Waals surface area contributed by atoms with Gasteiger partial charge in [0.05, 0.1) is 0 Å². The van der Waals surface area contributed by atoms with E-state index in [1.807, 2.05) is 41.3 Å². The number of hydrogen-bond donors (Lipinski definition) is 2. The SMILES string of the molecule is CC(C)CN1C(=O)C(CCCCNC(=O)OCc2ccccc2)NC(=O)C12CCN(CCc1ccccc1)CC2. The van der Waals surface area contributed by atoms with Gasteiger partial charge in [-0.25, -0.2) is 4.79 Å². The maximum atomic E-state index is 13.7. The fraction of sp³-hybridized carbons (Fsp3) is 0.531. The fourth-order valence-corrected chi connectivity index (χ4v) is 5.71. The van der Waals surface area contributed by atoms with Gasteiger partial charge in [0, 0.05) is 32.7 Å². The highest BCUT2D eigenvalue weighted by Crippen LogP contribution is 2.34. The minimum Gasteiger partial charge on any atom is -0.445 e. The van der Waals surface area contributed by atoms with E-state index in [1.165, 1.54) is 5.56 Å². The molecule has 216 valence electrons. The number of nitrogens with zero attached hydrogens (tertiary/aromatic N) is 2. The molecule has 2 aromatic carbocycles. The largest absolute Gasteiger partial charge is 0.445 e. The summed E-state index contributed by atoms with van der Waals surface area (Å²) < 4.78 is 5.24. The van der Waals surface area contributed by atoms with Crippen LogP contribution >= 0.6 is 0 Å². The van der Waals surface area contributed by atoms with Crippen molar-refractivity contribution in [2.45, 2.75) is 70.6 Å². The van der Waals surface area contributed by atoms with Crippen molar-refractivity contribution < 1.29 is 19.1 Å². The number of unbranched alkanes of at least 4 members (excludes halogenated alkanes) is 1. The number of amides is 3. The molecule has 0 bridgehead atoms. The van der Waals surface area contributed by atoms with Crippen molar-refractivity contribution in [2.75, 3.05) is 32.7 Å². The van der Waals surface area contributed by atoms with Gasteiger partial charge in [-0.15, -0.1) is 0 Å². The lowest BCUT2D eigenvalue weighted by molar-refractivity contribution is -0.162. The zero-order valence-corrected chi connectivity index (χ0v) is 23.9. The number of piperidine rings is 1. The second-order valence-electron chi connectivity index (χ2n) is 11.5. The average molecular weight is 549 g/mol. The normalized spacial score (nSPS) is 19.1. The summed E-state index contributed by atoms with van der Waals surface area (Å²) in [5.41, 5.74) is 1.49. The van der Waals surface area contributed by atoms with E-state index in [0.29, 0.717) is 45.2 Å². The van der Waals surface area contributed by atoms with Crippen LogP contribution in [0.5, 0.6) is 0 Å². The third-order valence-corrected chi connectivity index (χ3v) is 8.00. The van der Waals surface area contributed by atoms with E-state index in [9.17, 15) is 14.4 Å². The van der Waals surface area contributed by atoms with Crippen molar-refractivity contribution in [1.29, 1.82) is 0 Å². The standard InChI is InChI=1S/C32H44N4O4/c1-25(2)23-36-29(37)28(15-9-10-19-33-31(39)40-24-27-13-7-4-8-14-27)34-30(38)32(36)17-21-35(22-18-32)20-16-26-11-5-3-6-12-26/h3-8,11-14,25,28H,9-10,15-24H2,1-2H3,(H,33,39)(H,34,38). The molecule has 8 heteroatoms. The smallest absolute Gasteiger partial charge is 0.407 e. The molecule has 2 saturated heterocycles. The van der Waals surface area contributed by atoms with Crippen molar-refractivity contribution in [1.82, 2.24) is 20.4 Å². The van der Waals surface area contributed by atoms with Crippen LogP contribution in [0.2, 0.25) is 0 Å². The lowest BCUT2D eigenvalue weighted by Crippen LogP contribution is -2.73. The van der Waals surface area contributed by atoms with Crippen molar-refractivity contribution >= 4 is 17.9 Å². The molecule has 0 radical (unpaired) electrons. The first-order valence-electron chi connectivity index (χ1n) is 14.7. The second kappa shape index (κ2) is 14.3. The molecule has 2 aromatic rings. The summed E-state index contributed by atoms with van der Waals surface area (Å²) in [7, 11) is 0. The Labute approximate surface area is 238 Å². The summed E-state index contributed by atoms with van der Waals surface area (Å²) in [5, 5.41) is 5.85. The van der Waals surface area contributed by atoms with Gasteiger partial charge in [0.25, 0.3) is 0 Å². The van der Waals surface area contributed by atoms with Gasteiger partial charge in [-0.3, -0.25) is 9.59 Å². The Kier molecular flexibility index (Phi) is 10.6. The maximum Gasteiger partial charge on any atom is 0.407 e. The molecule has 2 aliphatic heterocycles. The first-order chi connectivity index (χ1) is 19.4. The van der Waals surface area contributed by atoms with Crippen LogP contribution in [0.4, 0.5) is 4.79 Å². The molecule has 4 rings (SSSR count). The van der Waals surface area contributed by atoms with Crippen LogP contribution in [0.1, 0.15) is 57.1 Å². The van der Waals surface area contributed by atoms with Gasteiger partial charge in [-0.2, -0.15) is 0 Å². The predicted octanol–water partition coefficient (Wildman–Crippen LogP) is 4.14. The Balaban J connectivity index is 1.23. The van der Waals surface area contributed by atoms with Crippen molar-refractivity contribution in [2.24, 2.45) is 5.92 Å². The molecule has 2 N–H and O–H groups in total. The predicted molar refractivity (Wildman–Crippen MR) is 156 cm³/mol. The highest BCUT2D eigenvalue weighted by Gasteiger charge is 2.53. The summed E-state index contributed by atoms with van der Waals surface area (Å²) in [6, 6.07) is 19.5. The number of likely N-dealkylation sites (tertiary alicyclic amines) is 1. The summed E-state index contributed by atoms with van der Waals surface area (Å²) in [5.74, 6) is 0.291. The van der Waals surface area contributed by atoms with Crippen LogP contribution in [0.25, 0.3) is 0 Å². The molecule has 1 unspecified atom stereocenters. The number of ether oxygens (including phenoxy) is 1. The van der Waals surface area contributed by atoms with E-state index in [1.54, 1.807) is 0 Å². The highest BCUT2D eigenvalue weighted by atomic mass is 16.5. The van der Waals surface area contributed by atoms with E-state index in [4.69, 9.17) is 4.74 Å². The van der Waals surface area contributed by atoms with Crippen LogP contribution in [0.15, 0.2) is 60.7 Å². The van der Waals surface area contributed by atoms with Gasteiger partial charge in [-0.05, 0) is 55.6 Å². The minimum absolute atomic E-state index is 0.0110. The monoisotopic (exact) mass is 548 g/mol. The molecule has 1 spiro atoms. The molecule has 3 amide bonds. The first kappa shape index (κ1) is 29.6. The third kappa shape index (κ3) is 7.84. The zero-order chi connectivity index (χ0) is 28.4. The van der Waals surface area contributed by atoms with E-state index in [0.717, 1.165) is 31.6 Å². The lowest BCUT2D eigenvalue weighted by atomic mass is 9.80. The topological polar surface area (TPSA) is 91.0 Å². The van der Waals surface area contributed by atoms with Gasteiger partial charge in [0.15, 0.2) is 0 Å². The Bertz CT molecular complexity index is 1100. The van der Waals surface area contributed by atoms with E-state index >= 15 is 0 Å². The lowest BCUT2D eigenvalue weighted by Gasteiger charge is -2.52. The third-order valence-electron chi connectivity index (χ3n) is 8.00. The Hall–Kier alpha value is -3.39. The molecule has 2 fully saturated rings. The molecule has 8 nitrogen and oxygen atoms in total. The molecule has 40 heavy (non-hydrogen) atoms. The molecule has 2 aliphatic rings. The Morgan fingerprint density at radius 3 is 2.30 bits per heavy atom. The van der Waals surface area contributed by atoms with E-state index in [-0.39, 0.29) is 24.3 Å². The molecular weight excluding hydrogens is 504 g/mol. The number of carbonyl (C=O) groups is 3. The fourth-order valence-electron chi connectivity index (χ4n) is 5.71. The van der Waals surface area contributed by atoms with Crippen molar-refractivity contribution in [3.8, 4) is 0 Å². The Morgan fingerprint density at radius 2 is 1.65 bits per heavy atom. The quantitative estimate of drug-likeness (QED) is 0.389. The number of nitrogens with one attached hydrogen (secondary N) is 2. The van der Waals surface area contributed by atoms with Crippen LogP contribution in [0.3, 0.4) is 0 Å².